The van der Waals surface area contributed by atoms with E-state index in [2.05, 4.69) is 34.0 Å². The van der Waals surface area contributed by atoms with Gasteiger partial charge in [-0.15, -0.1) is 0 Å². The van der Waals surface area contributed by atoms with Crippen LogP contribution in [0.4, 0.5) is 10.5 Å². The molecule has 0 unspecified atom stereocenters. The summed E-state index contributed by atoms with van der Waals surface area (Å²) in [5.41, 5.74) is 0.756. The van der Waals surface area contributed by atoms with Gasteiger partial charge in [0, 0.05) is 22.3 Å². The number of halogens is 1. The molecule has 0 saturated heterocycles. The van der Waals surface area contributed by atoms with Gasteiger partial charge >= 0.3 is 6.03 Å². The van der Waals surface area contributed by atoms with E-state index in [1.165, 1.54) is 4.90 Å². The lowest BCUT2D eigenvalue weighted by Gasteiger charge is -2.23. The maximum Gasteiger partial charge on any atom is 0.321 e. The number of nitriles is 1. The molecule has 2 amide bonds. The SMILES string of the molecule is C[C@@H](CC#N)N(C)C(=O)Nc1ccc(I)cc1. The monoisotopic (exact) mass is 343 g/mol. The molecule has 0 saturated carbocycles. The standard InChI is InChI=1S/C12H14IN3O/c1-9(7-8-14)16(2)12(17)15-11-5-3-10(13)4-6-11/h3-6,9H,7H2,1-2H3,(H,15,17)/t9-/m0/s1. The smallest absolute Gasteiger partial charge is 0.321 e. The highest BCUT2D eigenvalue weighted by Gasteiger charge is 2.15. The molecule has 0 spiro atoms. The molecule has 0 radical (unpaired) electrons. The van der Waals surface area contributed by atoms with Crippen molar-refractivity contribution in [2.75, 3.05) is 12.4 Å². The summed E-state index contributed by atoms with van der Waals surface area (Å²) >= 11 is 2.21. The fourth-order valence-corrected chi connectivity index (χ4v) is 1.57. The minimum atomic E-state index is -0.200. The molecule has 5 heteroatoms. The molecule has 0 heterocycles. The molecule has 90 valence electrons. The van der Waals surface area contributed by atoms with Gasteiger partial charge in [0.1, 0.15) is 0 Å². The van der Waals surface area contributed by atoms with E-state index in [1.54, 1.807) is 7.05 Å². The van der Waals surface area contributed by atoms with Crippen LogP contribution in [0.1, 0.15) is 13.3 Å². The van der Waals surface area contributed by atoms with Gasteiger partial charge < -0.3 is 10.2 Å². The van der Waals surface area contributed by atoms with Crippen molar-refractivity contribution < 1.29 is 4.79 Å². The number of rotatable bonds is 3. The summed E-state index contributed by atoms with van der Waals surface area (Å²) in [7, 11) is 1.68. The Morgan fingerprint density at radius 2 is 2.12 bits per heavy atom. The zero-order valence-electron chi connectivity index (χ0n) is 9.77. The van der Waals surface area contributed by atoms with E-state index in [-0.39, 0.29) is 12.1 Å². The van der Waals surface area contributed by atoms with E-state index in [0.717, 1.165) is 9.26 Å². The third kappa shape index (κ3) is 4.23. The van der Waals surface area contributed by atoms with Crippen LogP contribution in [-0.4, -0.2) is 24.0 Å². The van der Waals surface area contributed by atoms with Crippen LogP contribution in [0.15, 0.2) is 24.3 Å². The van der Waals surface area contributed by atoms with Crippen LogP contribution in [0.3, 0.4) is 0 Å². The molecule has 1 aromatic carbocycles. The molecule has 1 atom stereocenters. The Labute approximate surface area is 115 Å². The molecule has 1 N–H and O–H groups in total. The second-order valence-corrected chi connectivity index (χ2v) is 5.00. The van der Waals surface area contributed by atoms with Crippen molar-refractivity contribution in [3.05, 3.63) is 27.8 Å². The zero-order valence-corrected chi connectivity index (χ0v) is 11.9. The van der Waals surface area contributed by atoms with Crippen LogP contribution < -0.4 is 5.32 Å². The minimum Gasteiger partial charge on any atom is -0.324 e. The number of nitrogens with one attached hydrogen (secondary N) is 1. The lowest BCUT2D eigenvalue weighted by Crippen LogP contribution is -2.38. The number of benzene rings is 1. The van der Waals surface area contributed by atoms with Crippen LogP contribution in [0.25, 0.3) is 0 Å². The first-order valence-corrected chi connectivity index (χ1v) is 6.29. The van der Waals surface area contributed by atoms with Gasteiger partial charge in [-0.3, -0.25) is 0 Å². The molecule has 1 aromatic rings. The van der Waals surface area contributed by atoms with Gasteiger partial charge in [-0.1, -0.05) is 0 Å². The average molecular weight is 343 g/mol. The molecular formula is C12H14IN3O. The minimum absolute atomic E-state index is 0.0937. The Kier molecular flexibility index (Phi) is 5.22. The van der Waals surface area contributed by atoms with E-state index in [1.807, 2.05) is 31.2 Å². The van der Waals surface area contributed by atoms with Gasteiger partial charge in [-0.2, -0.15) is 5.26 Å². The van der Waals surface area contributed by atoms with E-state index in [0.29, 0.717) is 6.42 Å². The number of hydrogen-bond donors (Lipinski definition) is 1. The second kappa shape index (κ2) is 6.45. The largest absolute Gasteiger partial charge is 0.324 e. The normalized spacial score (nSPS) is 11.4. The number of carbonyl (C=O) groups is 1. The third-order valence-corrected chi connectivity index (χ3v) is 3.18. The number of hydrogen-bond acceptors (Lipinski definition) is 2. The van der Waals surface area contributed by atoms with Gasteiger partial charge in [-0.05, 0) is 53.8 Å². The molecule has 0 fully saturated rings. The quantitative estimate of drug-likeness (QED) is 0.858. The van der Waals surface area contributed by atoms with E-state index in [9.17, 15) is 4.79 Å². The molecule has 0 bridgehead atoms. The Morgan fingerprint density at radius 1 is 1.53 bits per heavy atom. The Morgan fingerprint density at radius 3 is 2.65 bits per heavy atom. The topological polar surface area (TPSA) is 56.1 Å². The molecule has 1 rings (SSSR count). The van der Waals surface area contributed by atoms with Crippen LogP contribution in [0.2, 0.25) is 0 Å². The lowest BCUT2D eigenvalue weighted by molar-refractivity contribution is 0.208. The van der Waals surface area contributed by atoms with Crippen molar-refractivity contribution in [3.63, 3.8) is 0 Å². The first kappa shape index (κ1) is 13.8. The van der Waals surface area contributed by atoms with Crippen LogP contribution in [-0.2, 0) is 0 Å². The molecule has 17 heavy (non-hydrogen) atoms. The first-order chi connectivity index (χ1) is 8.04. The van der Waals surface area contributed by atoms with Crippen LogP contribution in [0, 0.1) is 14.9 Å². The highest BCUT2D eigenvalue weighted by molar-refractivity contribution is 14.1. The number of urea groups is 1. The molecular weight excluding hydrogens is 329 g/mol. The van der Waals surface area contributed by atoms with E-state index < -0.39 is 0 Å². The predicted octanol–water partition coefficient (Wildman–Crippen LogP) is 3.06. The molecule has 0 aliphatic rings. The average Bonchev–Trinajstić information content (AvgIpc) is 2.31. The summed E-state index contributed by atoms with van der Waals surface area (Å²) in [6, 6.07) is 9.31. The summed E-state index contributed by atoms with van der Waals surface area (Å²) < 4.78 is 1.12. The summed E-state index contributed by atoms with van der Waals surface area (Å²) in [5, 5.41) is 11.4. The molecule has 4 nitrogen and oxygen atoms in total. The summed E-state index contributed by atoms with van der Waals surface area (Å²) in [5.74, 6) is 0. The van der Waals surface area contributed by atoms with E-state index >= 15 is 0 Å². The van der Waals surface area contributed by atoms with Crippen molar-refractivity contribution >= 4 is 34.3 Å². The fourth-order valence-electron chi connectivity index (χ4n) is 1.21. The van der Waals surface area contributed by atoms with Crippen molar-refractivity contribution in [2.45, 2.75) is 19.4 Å². The first-order valence-electron chi connectivity index (χ1n) is 5.21. The zero-order chi connectivity index (χ0) is 12.8. The van der Waals surface area contributed by atoms with Crippen LogP contribution in [0.5, 0.6) is 0 Å². The van der Waals surface area contributed by atoms with Crippen molar-refractivity contribution in [1.29, 1.82) is 5.26 Å². The summed E-state index contributed by atoms with van der Waals surface area (Å²) in [6.07, 6.45) is 0.330. The fraction of sp³-hybridized carbons (Fsp3) is 0.333. The highest BCUT2D eigenvalue weighted by Crippen LogP contribution is 2.12. The van der Waals surface area contributed by atoms with Gasteiger partial charge in [0.2, 0.25) is 0 Å². The van der Waals surface area contributed by atoms with Gasteiger partial charge in [0.05, 0.1) is 12.5 Å². The number of nitrogens with zero attached hydrogens (tertiary/aromatic N) is 2. The number of anilines is 1. The molecule has 0 aliphatic carbocycles. The van der Waals surface area contributed by atoms with E-state index in [4.69, 9.17) is 5.26 Å². The van der Waals surface area contributed by atoms with Crippen molar-refractivity contribution in [3.8, 4) is 6.07 Å². The highest BCUT2D eigenvalue weighted by atomic mass is 127. The number of carbonyl (C=O) groups excluding carboxylic acids is 1. The Hall–Kier alpha value is -1.29. The maximum atomic E-state index is 11.8. The molecule has 0 aromatic heterocycles. The van der Waals surface area contributed by atoms with Gasteiger partial charge in [-0.25, -0.2) is 4.79 Å². The van der Waals surface area contributed by atoms with Crippen molar-refractivity contribution in [2.24, 2.45) is 0 Å². The third-order valence-electron chi connectivity index (χ3n) is 2.46. The summed E-state index contributed by atoms with van der Waals surface area (Å²) in [4.78, 5) is 13.3. The Bertz CT molecular complexity index is 424. The molecule has 0 aliphatic heterocycles. The number of amides is 2. The predicted molar refractivity (Wildman–Crippen MR) is 75.6 cm³/mol. The van der Waals surface area contributed by atoms with Crippen molar-refractivity contribution in [1.82, 2.24) is 4.90 Å². The van der Waals surface area contributed by atoms with Gasteiger partial charge in [0.15, 0.2) is 0 Å². The maximum absolute atomic E-state index is 11.8. The van der Waals surface area contributed by atoms with Gasteiger partial charge in [0.25, 0.3) is 0 Å². The lowest BCUT2D eigenvalue weighted by atomic mass is 10.2. The second-order valence-electron chi connectivity index (χ2n) is 3.76. The Balaban J connectivity index is 2.60. The summed E-state index contributed by atoms with van der Waals surface area (Å²) in [6.45, 7) is 1.84. The van der Waals surface area contributed by atoms with Crippen LogP contribution >= 0.6 is 22.6 Å².